The third kappa shape index (κ3) is 5.89. The van der Waals surface area contributed by atoms with Crippen molar-refractivity contribution in [2.45, 2.75) is 90.4 Å². The van der Waals surface area contributed by atoms with Gasteiger partial charge in [-0.25, -0.2) is 4.79 Å². The van der Waals surface area contributed by atoms with Crippen LogP contribution in [-0.2, 0) is 35.2 Å². The van der Waals surface area contributed by atoms with Gasteiger partial charge in [0.1, 0.15) is 18.7 Å². The van der Waals surface area contributed by atoms with Gasteiger partial charge in [0.2, 0.25) is 11.8 Å². The molecule has 0 aromatic heterocycles. The van der Waals surface area contributed by atoms with Gasteiger partial charge in [0, 0.05) is 12.5 Å². The molecule has 3 aliphatic rings. The second-order valence-electron chi connectivity index (χ2n) is 11.1. The Morgan fingerprint density at radius 3 is 2.54 bits per heavy atom. The van der Waals surface area contributed by atoms with Crippen molar-refractivity contribution in [1.29, 1.82) is 0 Å². The van der Waals surface area contributed by atoms with Crippen molar-refractivity contribution in [3.05, 3.63) is 35.9 Å². The number of alkyl carbamates (subject to hydrolysis) is 1. The topological polar surface area (TPSA) is 123 Å². The second-order valence-corrected chi connectivity index (χ2v) is 11.1. The number of piperidine rings is 1. The predicted octanol–water partition coefficient (Wildman–Crippen LogP) is 2.85. The van der Waals surface area contributed by atoms with Gasteiger partial charge in [-0.15, -0.1) is 0 Å². The minimum absolute atomic E-state index is 0.0182. The number of esters is 1. The van der Waals surface area contributed by atoms with Crippen molar-refractivity contribution in [3.8, 4) is 0 Å². The van der Waals surface area contributed by atoms with Gasteiger partial charge in [0.05, 0.1) is 13.0 Å². The van der Waals surface area contributed by atoms with Crippen molar-refractivity contribution < 1.29 is 33.4 Å². The van der Waals surface area contributed by atoms with Gasteiger partial charge < -0.3 is 24.4 Å². The third-order valence-corrected chi connectivity index (χ3v) is 7.32. The number of carbonyl (C=O) groups is 4. The van der Waals surface area contributed by atoms with Gasteiger partial charge in [-0.05, 0) is 43.1 Å². The van der Waals surface area contributed by atoms with Crippen molar-refractivity contribution >= 4 is 23.9 Å². The quantitative estimate of drug-likeness (QED) is 0.403. The number of benzene rings is 1. The number of nitrogens with zero attached hydrogens (tertiary/aromatic N) is 1. The van der Waals surface area contributed by atoms with E-state index in [0.29, 0.717) is 6.42 Å². The number of ether oxygens (including phenoxy) is 3. The monoisotopic (exact) mass is 515 g/mol. The van der Waals surface area contributed by atoms with Gasteiger partial charge in [-0.3, -0.25) is 19.7 Å². The smallest absolute Gasteiger partial charge is 0.408 e. The van der Waals surface area contributed by atoms with Gasteiger partial charge >= 0.3 is 12.1 Å². The molecule has 2 aliphatic heterocycles. The normalized spacial score (nSPS) is 27.5. The molecule has 1 aromatic rings. The highest BCUT2D eigenvalue weighted by Crippen LogP contribution is 2.44. The summed E-state index contributed by atoms with van der Waals surface area (Å²) in [5, 5.41) is 5.53. The van der Waals surface area contributed by atoms with Crippen molar-refractivity contribution in [2.24, 2.45) is 11.3 Å². The molecular formula is C27H37N3O7. The summed E-state index contributed by atoms with van der Waals surface area (Å²) in [4.78, 5) is 53.6. The van der Waals surface area contributed by atoms with Crippen LogP contribution in [0.2, 0.25) is 0 Å². The molecule has 1 aliphatic carbocycles. The highest BCUT2D eigenvalue weighted by Gasteiger charge is 2.55. The summed E-state index contributed by atoms with van der Waals surface area (Å²) >= 11 is 0. The van der Waals surface area contributed by atoms with Crippen molar-refractivity contribution in [1.82, 2.24) is 15.5 Å². The van der Waals surface area contributed by atoms with E-state index in [1.54, 1.807) is 11.8 Å². The van der Waals surface area contributed by atoms with Gasteiger partial charge in [-0.2, -0.15) is 0 Å². The van der Waals surface area contributed by atoms with E-state index < -0.39 is 41.4 Å². The zero-order valence-electron chi connectivity index (χ0n) is 22.0. The Balaban J connectivity index is 1.49. The van der Waals surface area contributed by atoms with Crippen LogP contribution in [0.3, 0.4) is 0 Å². The largest absolute Gasteiger partial charge is 0.445 e. The molecule has 3 fully saturated rings. The fourth-order valence-corrected chi connectivity index (χ4v) is 5.60. The Labute approximate surface area is 217 Å². The van der Waals surface area contributed by atoms with Gasteiger partial charge in [-0.1, -0.05) is 51.1 Å². The van der Waals surface area contributed by atoms with Crippen LogP contribution in [0.25, 0.3) is 0 Å². The molecule has 2 saturated heterocycles. The minimum Gasteiger partial charge on any atom is -0.445 e. The van der Waals surface area contributed by atoms with Crippen LogP contribution in [0.15, 0.2) is 30.3 Å². The molecule has 2 heterocycles. The number of rotatable bonds is 8. The molecule has 10 heteroatoms. The molecule has 3 amide bonds. The molecule has 0 unspecified atom stereocenters. The lowest BCUT2D eigenvalue weighted by Crippen LogP contribution is -2.63. The molecule has 202 valence electrons. The Morgan fingerprint density at radius 2 is 1.92 bits per heavy atom. The first kappa shape index (κ1) is 26.9. The lowest BCUT2D eigenvalue weighted by molar-refractivity contribution is -0.226. The number of carbonyl (C=O) groups excluding carboxylic acids is 4. The van der Waals surface area contributed by atoms with Crippen LogP contribution in [0.4, 0.5) is 4.79 Å². The Kier molecular flexibility index (Phi) is 7.77. The van der Waals surface area contributed by atoms with Crippen molar-refractivity contribution in [2.75, 3.05) is 6.61 Å². The molecule has 5 atom stereocenters. The maximum Gasteiger partial charge on any atom is 0.408 e. The van der Waals surface area contributed by atoms with E-state index in [-0.39, 0.29) is 43.9 Å². The molecular weight excluding hydrogens is 478 g/mol. The van der Waals surface area contributed by atoms with E-state index in [1.807, 2.05) is 51.1 Å². The third-order valence-electron chi connectivity index (χ3n) is 7.32. The number of hydrogen-bond donors (Lipinski definition) is 2. The fraction of sp³-hybridized carbons (Fsp3) is 0.630. The molecule has 2 N–H and O–H groups in total. The number of amides is 3. The summed E-state index contributed by atoms with van der Waals surface area (Å²) < 4.78 is 16.4. The maximum absolute atomic E-state index is 14.0. The van der Waals surface area contributed by atoms with E-state index in [0.717, 1.165) is 18.4 Å². The number of likely N-dealkylation sites (tertiary alicyclic amines) is 1. The van der Waals surface area contributed by atoms with E-state index in [9.17, 15) is 19.2 Å². The minimum atomic E-state index is -1.51. The Bertz CT molecular complexity index is 1020. The van der Waals surface area contributed by atoms with E-state index >= 15 is 0 Å². The van der Waals surface area contributed by atoms with E-state index in [2.05, 4.69) is 10.6 Å². The molecule has 0 spiro atoms. The lowest BCUT2D eigenvalue weighted by Gasteiger charge is -2.41. The molecule has 1 saturated carbocycles. The van der Waals surface area contributed by atoms with Gasteiger partial charge in [0.25, 0.3) is 5.91 Å². The Morgan fingerprint density at radius 1 is 1.19 bits per heavy atom. The van der Waals surface area contributed by atoms with Crippen LogP contribution in [0.1, 0.15) is 65.4 Å². The first-order valence-corrected chi connectivity index (χ1v) is 13.0. The number of fused-ring (bicyclic) bond motifs is 2. The number of cyclic esters (lactones) is 1. The Hall–Kier alpha value is -3.14. The maximum atomic E-state index is 14.0. The highest BCUT2D eigenvalue weighted by atomic mass is 16.7. The standard InChI is InChI=1S/C27H37N3O7/c1-5-36-27(14-13-20(31)37-27)29-23(32)21-18-11-12-19(15-18)30(21)24(33)22(26(2,3)4)28-25(34)35-16-17-9-7-6-8-10-17/h6-10,18-19,21-22H,5,11-16H2,1-4H3,(H,28,34)(H,29,32)/t18-,19+,21-,22+,27+/m0/s1. The number of hydrogen-bond acceptors (Lipinski definition) is 7. The average molecular weight is 516 g/mol. The first-order chi connectivity index (χ1) is 17.5. The highest BCUT2D eigenvalue weighted by molar-refractivity contribution is 5.93. The van der Waals surface area contributed by atoms with Crippen LogP contribution in [0.5, 0.6) is 0 Å². The molecule has 37 heavy (non-hydrogen) atoms. The summed E-state index contributed by atoms with van der Waals surface area (Å²) in [7, 11) is 0. The van der Waals surface area contributed by atoms with Crippen LogP contribution in [-0.4, -0.2) is 59.4 Å². The van der Waals surface area contributed by atoms with Gasteiger partial charge in [0.15, 0.2) is 0 Å². The van der Waals surface area contributed by atoms with Crippen molar-refractivity contribution in [3.63, 3.8) is 0 Å². The van der Waals surface area contributed by atoms with Crippen LogP contribution in [0, 0.1) is 11.3 Å². The summed E-state index contributed by atoms with van der Waals surface area (Å²) in [5.74, 6) is -2.72. The van der Waals surface area contributed by atoms with Crippen LogP contribution < -0.4 is 10.6 Å². The average Bonchev–Trinajstić information content (AvgIpc) is 3.56. The predicted molar refractivity (Wildman–Crippen MR) is 133 cm³/mol. The second kappa shape index (κ2) is 10.7. The molecule has 2 bridgehead atoms. The molecule has 0 radical (unpaired) electrons. The summed E-state index contributed by atoms with van der Waals surface area (Å²) in [6.07, 6.45) is 1.97. The van der Waals surface area contributed by atoms with E-state index in [4.69, 9.17) is 14.2 Å². The SMILES string of the molecule is CCO[C@]1(NC(=O)[C@@H]2[C@H]3CC[C@H](C3)N2C(=O)[C@@H](NC(=O)OCc2ccccc2)C(C)(C)C)CCC(=O)O1. The lowest BCUT2D eigenvalue weighted by atomic mass is 9.85. The first-order valence-electron chi connectivity index (χ1n) is 13.0. The summed E-state index contributed by atoms with van der Waals surface area (Å²) in [6.45, 7) is 7.66. The molecule has 4 rings (SSSR count). The van der Waals surface area contributed by atoms with E-state index in [1.165, 1.54) is 0 Å². The zero-order valence-corrected chi connectivity index (χ0v) is 22.0. The zero-order chi connectivity index (χ0) is 26.8. The molecule has 10 nitrogen and oxygen atoms in total. The number of nitrogens with one attached hydrogen (secondary N) is 2. The van der Waals surface area contributed by atoms with Crippen LogP contribution >= 0.6 is 0 Å². The molecule has 1 aromatic carbocycles. The fourth-order valence-electron chi connectivity index (χ4n) is 5.60. The summed E-state index contributed by atoms with van der Waals surface area (Å²) in [6, 6.07) is 7.53. The summed E-state index contributed by atoms with van der Waals surface area (Å²) in [5.41, 5.74) is 0.194.